The van der Waals surface area contributed by atoms with Crippen LogP contribution in [0, 0.1) is 11.3 Å². The van der Waals surface area contributed by atoms with Gasteiger partial charge in [0.05, 0.1) is 0 Å². The second-order valence-corrected chi connectivity index (χ2v) is 6.90. The molecular weight excluding hydrogens is 224 g/mol. The van der Waals surface area contributed by atoms with Crippen molar-refractivity contribution in [3.8, 4) is 0 Å². The molecule has 18 heavy (non-hydrogen) atoms. The van der Waals surface area contributed by atoms with E-state index in [1.807, 2.05) is 0 Å². The normalized spacial score (nSPS) is 17.9. The predicted molar refractivity (Wildman–Crippen MR) is 75.7 cm³/mol. The predicted octanol–water partition coefficient (Wildman–Crippen LogP) is 4.37. The van der Waals surface area contributed by atoms with Crippen molar-refractivity contribution in [3.63, 3.8) is 0 Å². The Morgan fingerprint density at radius 1 is 1.11 bits per heavy atom. The van der Waals surface area contributed by atoms with Gasteiger partial charge in [0.25, 0.3) is 0 Å². The third kappa shape index (κ3) is 7.86. The van der Waals surface area contributed by atoms with Gasteiger partial charge in [-0.3, -0.25) is 4.79 Å². The Balaban J connectivity index is 1.98. The largest absolute Gasteiger partial charge is 0.381 e. The van der Waals surface area contributed by atoms with E-state index in [-0.39, 0.29) is 5.41 Å². The van der Waals surface area contributed by atoms with E-state index in [1.54, 1.807) is 0 Å². The van der Waals surface area contributed by atoms with E-state index >= 15 is 0 Å². The standard InChI is InChI=1S/C16H30O2/c1-16(2,3)11-8-15(17)7-5-4-6-14-9-12-18-13-10-14/h14H,4-13H2,1-3H3. The summed E-state index contributed by atoms with van der Waals surface area (Å²) < 4.78 is 5.35. The van der Waals surface area contributed by atoms with Gasteiger partial charge in [0.1, 0.15) is 5.78 Å². The van der Waals surface area contributed by atoms with Gasteiger partial charge in [-0.25, -0.2) is 0 Å². The third-order valence-electron chi connectivity index (χ3n) is 3.81. The number of rotatable bonds is 7. The van der Waals surface area contributed by atoms with Crippen LogP contribution in [0.1, 0.15) is 72.1 Å². The molecule has 0 aliphatic carbocycles. The van der Waals surface area contributed by atoms with E-state index in [0.717, 1.165) is 44.8 Å². The molecule has 1 aliphatic heterocycles. The van der Waals surface area contributed by atoms with Crippen molar-refractivity contribution in [2.45, 2.75) is 72.1 Å². The SMILES string of the molecule is CC(C)(C)CCC(=O)CCCCC1CCOCC1. The second-order valence-electron chi connectivity index (χ2n) is 6.90. The van der Waals surface area contributed by atoms with Crippen LogP contribution in [-0.2, 0) is 9.53 Å². The van der Waals surface area contributed by atoms with Crippen LogP contribution >= 0.6 is 0 Å². The minimum absolute atomic E-state index is 0.289. The first-order chi connectivity index (χ1) is 8.47. The van der Waals surface area contributed by atoms with Gasteiger partial charge in [-0.15, -0.1) is 0 Å². The summed E-state index contributed by atoms with van der Waals surface area (Å²) in [6.07, 6.45) is 8.60. The molecule has 0 saturated carbocycles. The van der Waals surface area contributed by atoms with Crippen LogP contribution in [0.4, 0.5) is 0 Å². The van der Waals surface area contributed by atoms with E-state index < -0.39 is 0 Å². The zero-order chi connectivity index (χ0) is 13.4. The molecule has 1 fully saturated rings. The van der Waals surface area contributed by atoms with Crippen molar-refractivity contribution < 1.29 is 9.53 Å². The minimum Gasteiger partial charge on any atom is -0.381 e. The van der Waals surface area contributed by atoms with Crippen molar-refractivity contribution in [3.05, 3.63) is 0 Å². The Labute approximate surface area is 112 Å². The molecule has 1 saturated heterocycles. The van der Waals surface area contributed by atoms with E-state index in [2.05, 4.69) is 20.8 Å². The molecule has 0 radical (unpaired) electrons. The number of unbranched alkanes of at least 4 members (excludes halogenated alkanes) is 1. The van der Waals surface area contributed by atoms with E-state index in [4.69, 9.17) is 4.74 Å². The average Bonchev–Trinajstić information content (AvgIpc) is 2.33. The lowest BCUT2D eigenvalue weighted by Gasteiger charge is -2.21. The monoisotopic (exact) mass is 254 g/mol. The van der Waals surface area contributed by atoms with Crippen LogP contribution in [0.25, 0.3) is 0 Å². The zero-order valence-corrected chi connectivity index (χ0v) is 12.5. The summed E-state index contributed by atoms with van der Waals surface area (Å²) in [5.41, 5.74) is 0.289. The first-order valence-corrected chi connectivity index (χ1v) is 7.57. The van der Waals surface area contributed by atoms with Crippen molar-refractivity contribution in [1.82, 2.24) is 0 Å². The molecule has 0 aromatic carbocycles. The fraction of sp³-hybridized carbons (Fsp3) is 0.938. The smallest absolute Gasteiger partial charge is 0.132 e. The Hall–Kier alpha value is -0.370. The fourth-order valence-corrected chi connectivity index (χ4v) is 2.43. The molecule has 0 spiro atoms. The van der Waals surface area contributed by atoms with Gasteiger partial charge in [-0.1, -0.05) is 33.6 Å². The molecule has 0 aromatic heterocycles. The number of ether oxygens (including phenoxy) is 1. The van der Waals surface area contributed by atoms with Crippen LogP contribution in [0.3, 0.4) is 0 Å². The van der Waals surface area contributed by atoms with Crippen molar-refractivity contribution >= 4 is 5.78 Å². The van der Waals surface area contributed by atoms with Crippen molar-refractivity contribution in [1.29, 1.82) is 0 Å². The highest BCUT2D eigenvalue weighted by Crippen LogP contribution is 2.23. The lowest BCUT2D eigenvalue weighted by Crippen LogP contribution is -2.15. The Morgan fingerprint density at radius 3 is 2.39 bits per heavy atom. The van der Waals surface area contributed by atoms with E-state index in [9.17, 15) is 4.79 Å². The van der Waals surface area contributed by atoms with E-state index in [0.29, 0.717) is 5.78 Å². The average molecular weight is 254 g/mol. The Kier molecular flexibility index (Phi) is 6.91. The highest BCUT2D eigenvalue weighted by molar-refractivity contribution is 5.78. The molecule has 0 aromatic rings. The van der Waals surface area contributed by atoms with Crippen molar-refractivity contribution in [2.75, 3.05) is 13.2 Å². The summed E-state index contributed by atoms with van der Waals surface area (Å²) in [4.78, 5) is 11.7. The molecule has 0 N–H and O–H groups in total. The summed E-state index contributed by atoms with van der Waals surface area (Å²) in [6, 6.07) is 0. The molecule has 2 heteroatoms. The maximum atomic E-state index is 11.7. The van der Waals surface area contributed by atoms with Gasteiger partial charge >= 0.3 is 0 Å². The molecule has 0 atom stereocenters. The molecule has 1 rings (SSSR count). The Morgan fingerprint density at radius 2 is 1.78 bits per heavy atom. The number of Topliss-reactive ketones (excluding diaryl/α,β-unsaturated/α-hetero) is 1. The zero-order valence-electron chi connectivity index (χ0n) is 12.5. The lowest BCUT2D eigenvalue weighted by atomic mass is 9.88. The summed E-state index contributed by atoms with van der Waals surface area (Å²) in [5, 5.41) is 0. The summed E-state index contributed by atoms with van der Waals surface area (Å²) >= 11 is 0. The molecule has 1 aliphatic rings. The highest BCUT2D eigenvalue weighted by Gasteiger charge is 2.14. The number of ketones is 1. The second kappa shape index (κ2) is 7.93. The first-order valence-electron chi connectivity index (χ1n) is 7.57. The van der Waals surface area contributed by atoms with Crippen LogP contribution in [-0.4, -0.2) is 19.0 Å². The van der Waals surface area contributed by atoms with Gasteiger partial charge in [-0.05, 0) is 37.0 Å². The number of hydrogen-bond acceptors (Lipinski definition) is 2. The number of hydrogen-bond donors (Lipinski definition) is 0. The maximum absolute atomic E-state index is 11.7. The van der Waals surface area contributed by atoms with E-state index in [1.165, 1.54) is 25.7 Å². The molecule has 0 amide bonds. The Bertz CT molecular complexity index is 234. The summed E-state index contributed by atoms with van der Waals surface area (Å²) in [7, 11) is 0. The van der Waals surface area contributed by atoms with Gasteiger partial charge < -0.3 is 4.74 Å². The van der Waals surface area contributed by atoms with Crippen LogP contribution in [0.15, 0.2) is 0 Å². The molecule has 106 valence electrons. The fourth-order valence-electron chi connectivity index (χ4n) is 2.43. The number of carbonyl (C=O) groups is 1. The van der Waals surface area contributed by atoms with Crippen LogP contribution in [0.5, 0.6) is 0 Å². The van der Waals surface area contributed by atoms with Crippen LogP contribution < -0.4 is 0 Å². The lowest BCUT2D eigenvalue weighted by molar-refractivity contribution is -0.119. The van der Waals surface area contributed by atoms with Gasteiger partial charge in [0.15, 0.2) is 0 Å². The minimum atomic E-state index is 0.289. The quantitative estimate of drug-likeness (QED) is 0.631. The van der Waals surface area contributed by atoms with Crippen LogP contribution in [0.2, 0.25) is 0 Å². The molecule has 0 bridgehead atoms. The maximum Gasteiger partial charge on any atom is 0.132 e. The topological polar surface area (TPSA) is 26.3 Å². The summed E-state index contributed by atoms with van der Waals surface area (Å²) in [6.45, 7) is 8.48. The molecule has 1 heterocycles. The molecule has 2 nitrogen and oxygen atoms in total. The molecule has 0 unspecified atom stereocenters. The van der Waals surface area contributed by atoms with Gasteiger partial charge in [0, 0.05) is 26.1 Å². The van der Waals surface area contributed by atoms with Crippen molar-refractivity contribution in [2.24, 2.45) is 11.3 Å². The first kappa shape index (κ1) is 15.7. The van der Waals surface area contributed by atoms with Gasteiger partial charge in [-0.2, -0.15) is 0 Å². The van der Waals surface area contributed by atoms with Gasteiger partial charge in [0.2, 0.25) is 0 Å². The molecular formula is C16H30O2. The highest BCUT2D eigenvalue weighted by atomic mass is 16.5. The summed E-state index contributed by atoms with van der Waals surface area (Å²) in [5.74, 6) is 1.31. The number of carbonyl (C=O) groups excluding carboxylic acids is 1. The third-order valence-corrected chi connectivity index (χ3v) is 3.81.